The Hall–Kier alpha value is -3.28. The largest absolute Gasteiger partial charge is 0.433 e. The Morgan fingerprint density at radius 1 is 1.10 bits per heavy atom. The van der Waals surface area contributed by atoms with Crippen molar-refractivity contribution in [1.82, 2.24) is 19.9 Å². The third-order valence-electron chi connectivity index (χ3n) is 4.77. The van der Waals surface area contributed by atoms with E-state index in [0.29, 0.717) is 35.9 Å². The highest BCUT2D eigenvalue weighted by Crippen LogP contribution is 2.32. The summed E-state index contributed by atoms with van der Waals surface area (Å²) >= 11 is 0. The van der Waals surface area contributed by atoms with E-state index >= 15 is 0 Å². The molecule has 1 aliphatic heterocycles. The van der Waals surface area contributed by atoms with Gasteiger partial charge in [-0.05, 0) is 24.3 Å². The Bertz CT molecular complexity index is 1220. The number of nitrogens with one attached hydrogen (secondary N) is 1. The molecule has 3 aromatic rings. The number of hydrogen-bond donors (Lipinski definition) is 1. The topological polar surface area (TPSA) is 101 Å². The number of fused-ring (bicyclic) bond motifs is 1. The molecule has 31 heavy (non-hydrogen) atoms. The van der Waals surface area contributed by atoms with E-state index in [4.69, 9.17) is 0 Å². The van der Waals surface area contributed by atoms with Gasteiger partial charge in [0.05, 0.1) is 17.6 Å². The second-order valence-electron chi connectivity index (χ2n) is 6.97. The molecule has 0 unspecified atom stereocenters. The summed E-state index contributed by atoms with van der Waals surface area (Å²) in [6, 6.07) is 5.22. The van der Waals surface area contributed by atoms with Crippen LogP contribution in [0.2, 0.25) is 0 Å². The van der Waals surface area contributed by atoms with Crippen molar-refractivity contribution in [1.29, 1.82) is 0 Å². The third-order valence-corrected chi connectivity index (χ3v) is 5.89. The Morgan fingerprint density at radius 2 is 1.90 bits per heavy atom. The molecule has 1 N–H and O–H groups in total. The molecule has 0 spiro atoms. The first-order valence-corrected chi connectivity index (χ1v) is 11.0. The summed E-state index contributed by atoms with van der Waals surface area (Å²) in [5, 5.41) is 2.98. The van der Waals surface area contributed by atoms with Gasteiger partial charge in [-0.25, -0.2) is 28.4 Å². The molecule has 162 valence electrons. The minimum atomic E-state index is -4.52. The van der Waals surface area contributed by atoms with Gasteiger partial charge in [-0.1, -0.05) is 0 Å². The highest BCUT2D eigenvalue weighted by Gasteiger charge is 2.32. The van der Waals surface area contributed by atoms with Gasteiger partial charge in [-0.2, -0.15) is 13.2 Å². The molecular formula is C19H17F3N6O2S. The fourth-order valence-electron chi connectivity index (χ4n) is 3.31. The maximum absolute atomic E-state index is 12.7. The smallest absolute Gasteiger partial charge is 0.351 e. The van der Waals surface area contributed by atoms with Crippen molar-refractivity contribution < 1.29 is 21.6 Å². The molecule has 1 aliphatic rings. The second-order valence-corrected chi connectivity index (χ2v) is 8.96. The quantitative estimate of drug-likeness (QED) is 0.648. The Balaban J connectivity index is 1.64. The molecule has 0 amide bonds. The van der Waals surface area contributed by atoms with E-state index < -0.39 is 21.7 Å². The molecule has 3 aromatic heterocycles. The van der Waals surface area contributed by atoms with Crippen LogP contribution >= 0.6 is 0 Å². The van der Waals surface area contributed by atoms with Crippen molar-refractivity contribution in [2.45, 2.75) is 24.0 Å². The zero-order chi connectivity index (χ0) is 22.2. The van der Waals surface area contributed by atoms with Crippen LogP contribution < -0.4 is 10.2 Å². The Labute approximate surface area is 176 Å². The number of hydrogen-bond acceptors (Lipinski definition) is 8. The lowest BCUT2D eigenvalue weighted by Gasteiger charge is -2.31. The SMILES string of the molecule is CS(=O)(=O)c1cccnc1N1CCc2ncnc(Nc3ccc(C(F)(F)F)nc3)c2C1. The first-order chi connectivity index (χ1) is 14.6. The van der Waals surface area contributed by atoms with Crippen LogP contribution in [-0.4, -0.2) is 41.2 Å². The normalized spacial score (nSPS) is 14.3. The van der Waals surface area contributed by atoms with Gasteiger partial charge in [-0.15, -0.1) is 0 Å². The predicted octanol–water partition coefficient (Wildman–Crippen LogP) is 3.00. The fraction of sp³-hybridized carbons (Fsp3) is 0.263. The Morgan fingerprint density at radius 3 is 2.58 bits per heavy atom. The van der Waals surface area contributed by atoms with Gasteiger partial charge in [0, 0.05) is 37.5 Å². The molecule has 0 saturated heterocycles. The van der Waals surface area contributed by atoms with Gasteiger partial charge in [0.25, 0.3) is 0 Å². The molecular weight excluding hydrogens is 433 g/mol. The maximum Gasteiger partial charge on any atom is 0.433 e. The number of alkyl halides is 3. The maximum atomic E-state index is 12.7. The standard InChI is InChI=1S/C19H17F3N6O2S/c1-31(29,30)15-3-2-7-23-18(15)28-8-6-14-13(10-28)17(26-11-25-14)27-12-4-5-16(24-9-12)19(20,21)22/h2-5,7,9,11H,6,8,10H2,1H3,(H,25,26,27). The molecule has 12 heteroatoms. The summed E-state index contributed by atoms with van der Waals surface area (Å²) in [4.78, 5) is 18.1. The zero-order valence-corrected chi connectivity index (χ0v) is 17.1. The monoisotopic (exact) mass is 450 g/mol. The molecule has 8 nitrogen and oxygen atoms in total. The van der Waals surface area contributed by atoms with Gasteiger partial charge in [0.15, 0.2) is 9.84 Å². The number of aromatic nitrogens is 4. The summed E-state index contributed by atoms with van der Waals surface area (Å²) in [5.74, 6) is 0.745. The molecule has 0 aliphatic carbocycles. The van der Waals surface area contributed by atoms with Crippen LogP contribution in [-0.2, 0) is 29.0 Å². The number of pyridine rings is 2. The zero-order valence-electron chi connectivity index (χ0n) is 16.3. The van der Waals surface area contributed by atoms with Gasteiger partial charge >= 0.3 is 6.18 Å². The number of sulfone groups is 1. The molecule has 0 saturated carbocycles. The lowest BCUT2D eigenvalue weighted by Crippen LogP contribution is -2.33. The van der Waals surface area contributed by atoms with Crippen LogP contribution in [0, 0.1) is 0 Å². The minimum Gasteiger partial charge on any atom is -0.351 e. The van der Waals surface area contributed by atoms with Crippen molar-refractivity contribution in [2.24, 2.45) is 0 Å². The second kappa shape index (κ2) is 7.76. The highest BCUT2D eigenvalue weighted by molar-refractivity contribution is 7.90. The van der Waals surface area contributed by atoms with Crippen LogP contribution in [0.3, 0.4) is 0 Å². The number of rotatable bonds is 4. The molecule has 0 fully saturated rings. The van der Waals surface area contributed by atoms with E-state index in [0.717, 1.165) is 24.2 Å². The minimum absolute atomic E-state index is 0.122. The average Bonchev–Trinajstić information content (AvgIpc) is 2.73. The first-order valence-electron chi connectivity index (χ1n) is 9.16. The van der Waals surface area contributed by atoms with E-state index in [1.807, 2.05) is 4.90 Å². The van der Waals surface area contributed by atoms with E-state index in [9.17, 15) is 21.6 Å². The highest BCUT2D eigenvalue weighted by atomic mass is 32.2. The van der Waals surface area contributed by atoms with Crippen molar-refractivity contribution in [3.05, 3.63) is 59.9 Å². The average molecular weight is 450 g/mol. The third kappa shape index (κ3) is 4.43. The van der Waals surface area contributed by atoms with E-state index in [1.165, 1.54) is 24.7 Å². The van der Waals surface area contributed by atoms with Crippen molar-refractivity contribution in [3.63, 3.8) is 0 Å². The van der Waals surface area contributed by atoms with Gasteiger partial charge in [0.2, 0.25) is 0 Å². The summed E-state index contributed by atoms with van der Waals surface area (Å²) in [6.45, 7) is 0.789. The van der Waals surface area contributed by atoms with Crippen LogP contribution in [0.1, 0.15) is 17.0 Å². The summed E-state index contributed by atoms with van der Waals surface area (Å²) in [5.41, 5.74) is 0.822. The molecule has 4 heterocycles. The molecule has 0 atom stereocenters. The lowest BCUT2D eigenvalue weighted by atomic mass is 10.1. The molecule has 0 radical (unpaired) electrons. The number of anilines is 3. The molecule has 4 rings (SSSR count). The number of halogens is 3. The van der Waals surface area contributed by atoms with Crippen LogP contribution in [0.15, 0.2) is 47.9 Å². The summed E-state index contributed by atoms with van der Waals surface area (Å²) < 4.78 is 62.5. The van der Waals surface area contributed by atoms with Crippen molar-refractivity contribution in [3.8, 4) is 0 Å². The first kappa shape index (κ1) is 21.0. The van der Waals surface area contributed by atoms with E-state index in [1.54, 1.807) is 6.07 Å². The lowest BCUT2D eigenvalue weighted by molar-refractivity contribution is -0.141. The predicted molar refractivity (Wildman–Crippen MR) is 107 cm³/mol. The van der Waals surface area contributed by atoms with Crippen molar-refractivity contribution in [2.75, 3.05) is 23.0 Å². The van der Waals surface area contributed by atoms with Crippen LogP contribution in [0.5, 0.6) is 0 Å². The van der Waals surface area contributed by atoms with Crippen LogP contribution in [0.4, 0.5) is 30.5 Å². The van der Waals surface area contributed by atoms with E-state index in [-0.39, 0.29) is 11.4 Å². The van der Waals surface area contributed by atoms with Gasteiger partial charge in [0.1, 0.15) is 28.6 Å². The van der Waals surface area contributed by atoms with Gasteiger partial charge < -0.3 is 10.2 Å². The molecule has 0 aromatic carbocycles. The van der Waals surface area contributed by atoms with E-state index in [2.05, 4.69) is 25.3 Å². The Kier molecular flexibility index (Phi) is 5.25. The molecule has 0 bridgehead atoms. The fourth-order valence-corrected chi connectivity index (χ4v) is 4.15. The van der Waals surface area contributed by atoms with Gasteiger partial charge in [-0.3, -0.25) is 0 Å². The number of nitrogens with zero attached hydrogens (tertiary/aromatic N) is 5. The summed E-state index contributed by atoms with van der Waals surface area (Å²) in [6.07, 6.45) is 1.10. The van der Waals surface area contributed by atoms with Crippen LogP contribution in [0.25, 0.3) is 0 Å². The van der Waals surface area contributed by atoms with Crippen molar-refractivity contribution >= 4 is 27.2 Å². The summed E-state index contributed by atoms with van der Waals surface area (Å²) in [7, 11) is -3.49.